The molecule has 1 atom stereocenters. The van der Waals surface area contributed by atoms with Gasteiger partial charge in [-0.2, -0.15) is 17.5 Å². The number of aromatic amines is 1. The lowest BCUT2D eigenvalue weighted by Crippen LogP contribution is -2.48. The Morgan fingerprint density at radius 2 is 1.80 bits per heavy atom. The van der Waals surface area contributed by atoms with Gasteiger partial charge in [-0.3, -0.25) is 19.8 Å². The number of piperazine rings is 1. The average molecular weight is 1030 g/mol. The maximum atomic E-state index is 14.0. The molecular formula is C47H52ClF3N8O9S2. The number of alkyl halides is 3. The molecule has 1 amide bonds. The smallest absolute Gasteiger partial charge is 0.416 e. The SMILES string of the molecule is CCS(=O)(=O)N1CCOC(CNc2ccc(S(=O)(=O)NC(=O)c3ccc(N4CCN(CC5=C(c6ccc(C(F)(F)F)cc6Cl)CC(C)(C)CC5)CC4)cc3Oc3cnc4[nH]ccc4c3)cc2[N+](=O)[O-])C1. The van der Waals surface area contributed by atoms with Crippen molar-refractivity contribution in [3.8, 4) is 11.5 Å². The first-order valence-electron chi connectivity index (χ1n) is 22.6. The van der Waals surface area contributed by atoms with Crippen LogP contribution in [0.4, 0.5) is 30.2 Å². The number of halogens is 4. The fourth-order valence-corrected chi connectivity index (χ4v) is 11.3. The quantitative estimate of drug-likeness (QED) is 0.0667. The van der Waals surface area contributed by atoms with E-state index in [1.807, 2.05) is 4.72 Å². The van der Waals surface area contributed by atoms with E-state index in [0.29, 0.717) is 56.0 Å². The van der Waals surface area contributed by atoms with Crippen molar-refractivity contribution < 1.29 is 49.2 Å². The standard InChI is InChI=1S/C47H52ClF3N8O9S2/c1-4-69(63,64)58-19-20-67-35(29-58)27-53-41-10-7-36(24-42(41)59(61)62)70(65,66)55-45(60)38-9-6-33(23-43(38)68-34-21-30-12-14-52-44(30)54-26-34)57-17-15-56(16-18-57)28-31-11-13-46(2,3)25-39(31)37-8-5-32(22-40(37)48)47(49,50)51/h5-10,12,14,21-24,26,35,53H,4,11,13,15-20,25,27-29H2,1-3H3,(H,52,54)(H,55,60). The van der Waals surface area contributed by atoms with Gasteiger partial charge in [0.15, 0.2) is 0 Å². The number of H-pyrrole nitrogens is 1. The van der Waals surface area contributed by atoms with E-state index in [0.717, 1.165) is 53.6 Å². The van der Waals surface area contributed by atoms with Crippen LogP contribution in [-0.2, 0) is 31.0 Å². The number of nitrogens with one attached hydrogen (secondary N) is 3. The van der Waals surface area contributed by atoms with Crippen LogP contribution in [0.25, 0.3) is 16.6 Å². The van der Waals surface area contributed by atoms with Crippen LogP contribution in [0.3, 0.4) is 0 Å². The Bertz CT molecular complexity index is 3070. The summed E-state index contributed by atoms with van der Waals surface area (Å²) in [6, 6.07) is 14.9. The molecule has 2 aromatic heterocycles. The van der Waals surface area contributed by atoms with Crippen molar-refractivity contribution in [2.24, 2.45) is 5.41 Å². The van der Waals surface area contributed by atoms with Gasteiger partial charge in [0.2, 0.25) is 10.0 Å². The lowest BCUT2D eigenvalue weighted by atomic mass is 9.72. The molecule has 4 heterocycles. The fraction of sp³-hybridized carbons (Fsp3) is 0.404. The first-order chi connectivity index (χ1) is 33.1. The zero-order valence-electron chi connectivity index (χ0n) is 38.5. The van der Waals surface area contributed by atoms with Crippen molar-refractivity contribution in [2.45, 2.75) is 57.2 Å². The number of morpholine rings is 1. The van der Waals surface area contributed by atoms with Crippen molar-refractivity contribution in [3.05, 3.63) is 117 Å². The van der Waals surface area contributed by atoms with E-state index in [1.54, 1.807) is 30.5 Å². The van der Waals surface area contributed by atoms with E-state index < -0.39 is 59.3 Å². The molecule has 374 valence electrons. The number of carbonyl (C=O) groups excluding carboxylic acids is 1. The van der Waals surface area contributed by atoms with Gasteiger partial charge in [-0.1, -0.05) is 37.1 Å². The van der Waals surface area contributed by atoms with Gasteiger partial charge in [-0.25, -0.2) is 26.5 Å². The van der Waals surface area contributed by atoms with Crippen molar-refractivity contribution in [3.63, 3.8) is 0 Å². The summed E-state index contributed by atoms with van der Waals surface area (Å²) in [7, 11) is -8.20. The molecule has 2 aliphatic heterocycles. The minimum absolute atomic E-state index is 0.0114. The van der Waals surface area contributed by atoms with Gasteiger partial charge in [-0.05, 0) is 91.3 Å². The van der Waals surface area contributed by atoms with Crippen LogP contribution in [0, 0.1) is 15.5 Å². The Morgan fingerprint density at radius 3 is 2.51 bits per heavy atom. The minimum Gasteiger partial charge on any atom is -0.455 e. The van der Waals surface area contributed by atoms with Gasteiger partial charge >= 0.3 is 6.18 Å². The molecule has 0 spiro atoms. The van der Waals surface area contributed by atoms with Crippen LogP contribution in [0.2, 0.25) is 5.02 Å². The number of fused-ring (bicyclic) bond motifs is 1. The molecule has 3 aromatic carbocycles. The number of nitrogens with zero attached hydrogens (tertiary/aromatic N) is 5. The minimum atomic E-state index is -4.72. The fourth-order valence-electron chi connectivity index (χ4n) is 8.93. The number of carbonyl (C=O) groups is 1. The molecule has 23 heteroatoms. The molecule has 0 radical (unpaired) electrons. The molecular weight excluding hydrogens is 977 g/mol. The molecule has 1 aliphatic carbocycles. The van der Waals surface area contributed by atoms with Crippen molar-refractivity contribution in [2.75, 3.05) is 74.9 Å². The van der Waals surface area contributed by atoms with Crippen LogP contribution < -0.4 is 19.7 Å². The Morgan fingerprint density at radius 1 is 1.03 bits per heavy atom. The second kappa shape index (κ2) is 20.1. The number of nitro groups is 1. The van der Waals surface area contributed by atoms with Gasteiger partial charge in [0, 0.05) is 86.8 Å². The summed E-state index contributed by atoms with van der Waals surface area (Å²) in [5.41, 5.74) is 2.33. The number of hydrogen-bond donors (Lipinski definition) is 3. The van der Waals surface area contributed by atoms with Gasteiger partial charge in [-0.15, -0.1) is 0 Å². The maximum Gasteiger partial charge on any atom is 0.416 e. The zero-order chi connectivity index (χ0) is 50.2. The summed E-state index contributed by atoms with van der Waals surface area (Å²) in [6.45, 7) is 9.12. The number of amides is 1. The highest BCUT2D eigenvalue weighted by Crippen LogP contribution is 2.46. The molecule has 1 unspecified atom stereocenters. The van der Waals surface area contributed by atoms with Gasteiger partial charge in [0.1, 0.15) is 22.8 Å². The normalized spacial score (nSPS) is 18.5. The monoisotopic (exact) mass is 1030 g/mol. The lowest BCUT2D eigenvalue weighted by Gasteiger charge is -2.39. The molecule has 0 bridgehead atoms. The highest BCUT2D eigenvalue weighted by molar-refractivity contribution is 7.90. The topological polar surface area (TPSA) is 209 Å². The second-order valence-electron chi connectivity index (χ2n) is 18.3. The summed E-state index contributed by atoms with van der Waals surface area (Å²) < 4.78 is 108. The Labute approximate surface area is 408 Å². The highest BCUT2D eigenvalue weighted by atomic mass is 35.5. The molecule has 17 nitrogen and oxygen atoms in total. The van der Waals surface area contributed by atoms with Crippen molar-refractivity contribution in [1.29, 1.82) is 0 Å². The lowest BCUT2D eigenvalue weighted by molar-refractivity contribution is -0.384. The maximum absolute atomic E-state index is 14.0. The third kappa shape index (κ3) is 11.5. The van der Waals surface area contributed by atoms with Crippen molar-refractivity contribution in [1.82, 2.24) is 23.9 Å². The molecule has 3 aliphatic rings. The van der Waals surface area contributed by atoms with Crippen molar-refractivity contribution >= 4 is 71.2 Å². The number of anilines is 2. The number of aromatic nitrogens is 2. The Hall–Kier alpha value is -5.78. The molecule has 8 rings (SSSR count). The molecule has 2 saturated heterocycles. The zero-order valence-corrected chi connectivity index (χ0v) is 40.9. The third-order valence-corrected chi connectivity index (χ3v) is 16.3. The molecule has 5 aromatic rings. The number of ether oxygens (including phenoxy) is 2. The summed E-state index contributed by atoms with van der Waals surface area (Å²) in [4.78, 5) is 36.6. The van der Waals surface area contributed by atoms with Crippen LogP contribution in [0.15, 0.2) is 89.6 Å². The number of nitro benzene ring substituents is 1. The summed E-state index contributed by atoms with van der Waals surface area (Å²) >= 11 is 6.53. The first-order valence-corrected chi connectivity index (χ1v) is 26.1. The number of pyridine rings is 1. The number of sulfonamides is 2. The van der Waals surface area contributed by atoms with E-state index in [-0.39, 0.29) is 65.2 Å². The second-order valence-corrected chi connectivity index (χ2v) is 22.6. The van der Waals surface area contributed by atoms with Gasteiger partial charge in [0.05, 0.1) is 45.6 Å². The number of rotatable bonds is 15. The average Bonchev–Trinajstić information content (AvgIpc) is 3.79. The Kier molecular flexibility index (Phi) is 14.6. The predicted molar refractivity (Wildman–Crippen MR) is 259 cm³/mol. The van der Waals surface area contributed by atoms with Crippen LogP contribution in [0.5, 0.6) is 11.5 Å². The van der Waals surface area contributed by atoms with Crippen LogP contribution >= 0.6 is 11.6 Å². The largest absolute Gasteiger partial charge is 0.455 e. The van der Waals surface area contributed by atoms with E-state index in [4.69, 9.17) is 21.1 Å². The number of benzene rings is 3. The van der Waals surface area contributed by atoms with Gasteiger partial charge < -0.3 is 24.7 Å². The predicted octanol–water partition coefficient (Wildman–Crippen LogP) is 8.30. The van der Waals surface area contributed by atoms with Crippen LogP contribution in [-0.4, -0.2) is 118 Å². The Balaban J connectivity index is 0.993. The van der Waals surface area contributed by atoms with E-state index in [9.17, 15) is 44.9 Å². The summed E-state index contributed by atoms with van der Waals surface area (Å²) in [6.07, 6.45) is 0.363. The molecule has 70 heavy (non-hydrogen) atoms. The van der Waals surface area contributed by atoms with E-state index in [1.165, 1.54) is 35.6 Å². The molecule has 0 saturated carbocycles. The number of allylic oxidation sites excluding steroid dienone is 1. The number of hydrogen-bond acceptors (Lipinski definition) is 13. The van der Waals surface area contributed by atoms with Gasteiger partial charge in [0.25, 0.3) is 21.6 Å². The summed E-state index contributed by atoms with van der Waals surface area (Å²) in [5.74, 6) is -0.889. The van der Waals surface area contributed by atoms with E-state index in [2.05, 4.69) is 38.9 Å². The summed E-state index contributed by atoms with van der Waals surface area (Å²) in [5, 5.41) is 15.9. The first kappa shape index (κ1) is 50.6. The molecule has 2 fully saturated rings. The van der Waals surface area contributed by atoms with Crippen LogP contribution in [0.1, 0.15) is 61.5 Å². The highest BCUT2D eigenvalue weighted by Gasteiger charge is 2.35. The molecule has 3 N–H and O–H groups in total. The van der Waals surface area contributed by atoms with E-state index >= 15 is 0 Å². The third-order valence-electron chi connectivity index (χ3n) is 12.9.